The van der Waals surface area contributed by atoms with Crippen LogP contribution in [0.5, 0.6) is 0 Å². The van der Waals surface area contributed by atoms with Crippen molar-refractivity contribution < 1.29 is 19.1 Å². The molecule has 2 aliphatic rings. The molecule has 1 aromatic carbocycles. The lowest BCUT2D eigenvalue weighted by Gasteiger charge is -2.30. The highest BCUT2D eigenvalue weighted by molar-refractivity contribution is 6.42. The van der Waals surface area contributed by atoms with Crippen molar-refractivity contribution in [3.05, 3.63) is 33.8 Å². The standard InChI is InChI=1S/C21H28Cl2N2O4/c1-24-21(27)25-20(26)15(13-8-9-16(22)17(23)12-13)11-14-5-4-6-18(14)29-19-7-2-3-10-28-19/h8-9,12,14-15,18-19H,2-7,10-11H2,1H3,(H2,24,25,26,27). The summed E-state index contributed by atoms with van der Waals surface area (Å²) in [4.78, 5) is 24.6. The second-order valence-corrected chi connectivity index (χ2v) is 8.51. The first-order valence-electron chi connectivity index (χ1n) is 10.2. The number of nitrogens with one attached hydrogen (secondary N) is 2. The van der Waals surface area contributed by atoms with E-state index in [-0.39, 0.29) is 24.2 Å². The Balaban J connectivity index is 1.74. The van der Waals surface area contributed by atoms with E-state index in [2.05, 4.69) is 10.6 Å². The fourth-order valence-electron chi connectivity index (χ4n) is 4.15. The molecule has 1 aliphatic heterocycles. The second-order valence-electron chi connectivity index (χ2n) is 7.69. The minimum absolute atomic E-state index is 0.0520. The minimum atomic E-state index is -0.533. The van der Waals surface area contributed by atoms with E-state index in [4.69, 9.17) is 32.7 Å². The molecule has 0 radical (unpaired) electrons. The Hall–Kier alpha value is -1.34. The van der Waals surface area contributed by atoms with Gasteiger partial charge in [0.2, 0.25) is 5.91 Å². The zero-order chi connectivity index (χ0) is 20.8. The molecule has 2 fully saturated rings. The Labute approximate surface area is 181 Å². The Morgan fingerprint density at radius 3 is 2.69 bits per heavy atom. The van der Waals surface area contributed by atoms with Gasteiger partial charge in [-0.3, -0.25) is 10.1 Å². The van der Waals surface area contributed by atoms with Gasteiger partial charge in [-0.15, -0.1) is 0 Å². The third-order valence-electron chi connectivity index (χ3n) is 5.72. The van der Waals surface area contributed by atoms with Crippen molar-refractivity contribution >= 4 is 35.1 Å². The van der Waals surface area contributed by atoms with E-state index in [9.17, 15) is 9.59 Å². The number of benzene rings is 1. The van der Waals surface area contributed by atoms with Crippen LogP contribution in [0.2, 0.25) is 10.0 Å². The van der Waals surface area contributed by atoms with Crippen LogP contribution in [0, 0.1) is 5.92 Å². The lowest BCUT2D eigenvalue weighted by atomic mass is 9.86. The second kappa shape index (κ2) is 10.6. The summed E-state index contributed by atoms with van der Waals surface area (Å²) in [5, 5.41) is 5.64. The van der Waals surface area contributed by atoms with Crippen molar-refractivity contribution in [3.63, 3.8) is 0 Å². The van der Waals surface area contributed by atoms with Crippen molar-refractivity contribution in [3.8, 4) is 0 Å². The Morgan fingerprint density at radius 2 is 2.00 bits per heavy atom. The number of hydrogen-bond donors (Lipinski definition) is 2. The van der Waals surface area contributed by atoms with Gasteiger partial charge in [-0.05, 0) is 62.1 Å². The maximum absolute atomic E-state index is 12.9. The number of urea groups is 1. The summed E-state index contributed by atoms with van der Waals surface area (Å²) in [6, 6.07) is 4.64. The lowest BCUT2D eigenvalue weighted by molar-refractivity contribution is -0.194. The quantitative estimate of drug-likeness (QED) is 0.672. The van der Waals surface area contributed by atoms with E-state index in [1.165, 1.54) is 7.05 Å². The van der Waals surface area contributed by atoms with E-state index >= 15 is 0 Å². The third-order valence-corrected chi connectivity index (χ3v) is 6.46. The van der Waals surface area contributed by atoms with Gasteiger partial charge < -0.3 is 14.8 Å². The van der Waals surface area contributed by atoms with Crippen LogP contribution in [-0.4, -0.2) is 38.0 Å². The van der Waals surface area contributed by atoms with Crippen LogP contribution in [0.25, 0.3) is 0 Å². The summed E-state index contributed by atoms with van der Waals surface area (Å²) in [7, 11) is 1.47. The molecule has 4 atom stereocenters. The largest absolute Gasteiger partial charge is 0.353 e. The number of halogens is 2. The minimum Gasteiger partial charge on any atom is -0.353 e. The monoisotopic (exact) mass is 442 g/mol. The molecule has 1 saturated carbocycles. The first-order valence-corrected chi connectivity index (χ1v) is 11.0. The molecule has 2 N–H and O–H groups in total. The van der Waals surface area contributed by atoms with Crippen molar-refractivity contribution in [2.75, 3.05) is 13.7 Å². The van der Waals surface area contributed by atoms with Gasteiger partial charge in [-0.25, -0.2) is 4.79 Å². The van der Waals surface area contributed by atoms with Gasteiger partial charge in [0, 0.05) is 13.7 Å². The number of carbonyl (C=O) groups is 2. The Bertz CT molecular complexity index is 725. The van der Waals surface area contributed by atoms with Gasteiger partial charge in [0.1, 0.15) is 0 Å². The van der Waals surface area contributed by atoms with Gasteiger partial charge >= 0.3 is 6.03 Å². The van der Waals surface area contributed by atoms with E-state index in [0.29, 0.717) is 16.5 Å². The number of amides is 3. The molecule has 0 aromatic heterocycles. The molecule has 8 heteroatoms. The molecule has 1 saturated heterocycles. The zero-order valence-corrected chi connectivity index (χ0v) is 18.1. The maximum atomic E-state index is 12.9. The fourth-order valence-corrected chi connectivity index (χ4v) is 4.46. The van der Waals surface area contributed by atoms with E-state index in [0.717, 1.165) is 50.7 Å². The molecule has 0 spiro atoms. The highest BCUT2D eigenvalue weighted by Gasteiger charge is 2.35. The van der Waals surface area contributed by atoms with E-state index < -0.39 is 11.9 Å². The smallest absolute Gasteiger partial charge is 0.321 e. The van der Waals surface area contributed by atoms with Crippen molar-refractivity contribution in [1.29, 1.82) is 0 Å². The van der Waals surface area contributed by atoms with Crippen LogP contribution in [0.4, 0.5) is 4.79 Å². The van der Waals surface area contributed by atoms with Gasteiger partial charge in [-0.1, -0.05) is 35.7 Å². The first kappa shape index (κ1) is 22.3. The third kappa shape index (κ3) is 6.07. The predicted octanol–water partition coefficient (Wildman–Crippen LogP) is 4.63. The summed E-state index contributed by atoms with van der Waals surface area (Å²) in [5.41, 5.74) is 0.736. The van der Waals surface area contributed by atoms with Crippen LogP contribution in [0.1, 0.15) is 56.4 Å². The molecule has 3 amide bonds. The van der Waals surface area contributed by atoms with Crippen LogP contribution in [0.3, 0.4) is 0 Å². The Morgan fingerprint density at radius 1 is 1.17 bits per heavy atom. The molecule has 6 nitrogen and oxygen atoms in total. The molecular weight excluding hydrogens is 415 g/mol. The van der Waals surface area contributed by atoms with Crippen molar-refractivity contribution in [2.45, 2.75) is 63.3 Å². The van der Waals surface area contributed by atoms with Crippen molar-refractivity contribution in [2.24, 2.45) is 5.92 Å². The molecule has 160 valence electrons. The SMILES string of the molecule is CNC(=O)NC(=O)C(CC1CCCC1OC1CCCCO1)c1ccc(Cl)c(Cl)c1. The molecule has 3 rings (SSSR count). The van der Waals surface area contributed by atoms with Crippen LogP contribution in [0.15, 0.2) is 18.2 Å². The van der Waals surface area contributed by atoms with Gasteiger partial charge in [0.25, 0.3) is 0 Å². The van der Waals surface area contributed by atoms with Gasteiger partial charge in [0.05, 0.1) is 22.1 Å². The fraction of sp³-hybridized carbons (Fsp3) is 0.619. The summed E-state index contributed by atoms with van der Waals surface area (Å²) in [5.74, 6) is -0.679. The molecule has 0 bridgehead atoms. The molecule has 1 aliphatic carbocycles. The number of ether oxygens (including phenoxy) is 2. The average Bonchev–Trinajstić information content (AvgIpc) is 3.15. The number of carbonyl (C=O) groups excluding carboxylic acids is 2. The number of hydrogen-bond acceptors (Lipinski definition) is 4. The summed E-state index contributed by atoms with van der Waals surface area (Å²) < 4.78 is 12.0. The van der Waals surface area contributed by atoms with E-state index in [1.54, 1.807) is 18.2 Å². The zero-order valence-electron chi connectivity index (χ0n) is 16.6. The molecule has 1 aromatic rings. The summed E-state index contributed by atoms with van der Waals surface area (Å²) >= 11 is 12.2. The normalized spacial score (nSPS) is 25.4. The Kier molecular flexibility index (Phi) is 8.18. The molecular formula is C21H28Cl2N2O4. The molecule has 1 heterocycles. The highest BCUT2D eigenvalue weighted by atomic mass is 35.5. The number of imide groups is 1. The maximum Gasteiger partial charge on any atom is 0.321 e. The van der Waals surface area contributed by atoms with E-state index in [1.807, 2.05) is 0 Å². The predicted molar refractivity (Wildman–Crippen MR) is 112 cm³/mol. The first-order chi connectivity index (χ1) is 14.0. The average molecular weight is 443 g/mol. The van der Waals surface area contributed by atoms with Gasteiger partial charge in [-0.2, -0.15) is 0 Å². The van der Waals surface area contributed by atoms with Crippen LogP contribution in [-0.2, 0) is 14.3 Å². The number of rotatable bonds is 6. The van der Waals surface area contributed by atoms with Crippen LogP contribution >= 0.6 is 23.2 Å². The summed E-state index contributed by atoms with van der Waals surface area (Å²) in [6.07, 6.45) is 6.55. The lowest BCUT2D eigenvalue weighted by Crippen LogP contribution is -2.41. The van der Waals surface area contributed by atoms with Gasteiger partial charge in [0.15, 0.2) is 6.29 Å². The molecule has 29 heavy (non-hydrogen) atoms. The van der Waals surface area contributed by atoms with Crippen LogP contribution < -0.4 is 10.6 Å². The summed E-state index contributed by atoms with van der Waals surface area (Å²) in [6.45, 7) is 0.739. The topological polar surface area (TPSA) is 76.7 Å². The highest BCUT2D eigenvalue weighted by Crippen LogP contribution is 2.38. The molecule has 4 unspecified atom stereocenters. The van der Waals surface area contributed by atoms with Crippen molar-refractivity contribution in [1.82, 2.24) is 10.6 Å².